The van der Waals surface area contributed by atoms with Crippen molar-refractivity contribution in [3.05, 3.63) is 47.0 Å². The molecule has 2 aromatic rings. The topological polar surface area (TPSA) is 56.7 Å². The van der Waals surface area contributed by atoms with Crippen LogP contribution in [0.15, 0.2) is 24.3 Å². The Morgan fingerprint density at radius 1 is 1.22 bits per heavy atom. The molecule has 1 aromatic heterocycles. The van der Waals surface area contributed by atoms with E-state index < -0.39 is 6.43 Å². The molecule has 1 heterocycles. The number of nitrogens with two attached hydrogens (primary N) is 1. The van der Waals surface area contributed by atoms with Crippen molar-refractivity contribution in [3.8, 4) is 0 Å². The van der Waals surface area contributed by atoms with Crippen LogP contribution in [0.4, 0.5) is 13.2 Å². The molecule has 0 atom stereocenters. The zero-order valence-corrected chi connectivity index (χ0v) is 9.35. The summed E-state index contributed by atoms with van der Waals surface area (Å²) in [5.74, 6) is -0.380. The van der Waals surface area contributed by atoms with Crippen LogP contribution < -0.4 is 5.73 Å². The van der Waals surface area contributed by atoms with Gasteiger partial charge in [-0.25, -0.2) is 17.9 Å². The molecule has 0 amide bonds. The lowest BCUT2D eigenvalue weighted by atomic mass is 10.2. The highest BCUT2D eigenvalue weighted by molar-refractivity contribution is 5.18. The van der Waals surface area contributed by atoms with E-state index >= 15 is 0 Å². The number of halogens is 3. The van der Waals surface area contributed by atoms with E-state index in [1.165, 1.54) is 24.3 Å². The maximum atomic E-state index is 12.9. The molecule has 0 radical (unpaired) electrons. The fraction of sp³-hybridized carbons (Fsp3) is 0.273. The van der Waals surface area contributed by atoms with Gasteiger partial charge in [0, 0.05) is 6.54 Å². The van der Waals surface area contributed by atoms with Gasteiger partial charge >= 0.3 is 0 Å². The molecule has 0 saturated heterocycles. The molecule has 7 heteroatoms. The van der Waals surface area contributed by atoms with Crippen molar-refractivity contribution in [1.82, 2.24) is 15.0 Å². The van der Waals surface area contributed by atoms with Gasteiger partial charge in [-0.05, 0) is 17.7 Å². The van der Waals surface area contributed by atoms with Gasteiger partial charge < -0.3 is 5.73 Å². The van der Waals surface area contributed by atoms with Crippen molar-refractivity contribution in [3.63, 3.8) is 0 Å². The van der Waals surface area contributed by atoms with Gasteiger partial charge in [0.05, 0.1) is 6.54 Å². The quantitative estimate of drug-likeness (QED) is 0.908. The largest absolute Gasteiger partial charge is 0.325 e. The number of hydrogen-bond donors (Lipinski definition) is 1. The predicted molar refractivity (Wildman–Crippen MR) is 58.4 cm³/mol. The normalized spacial score (nSPS) is 11.2. The summed E-state index contributed by atoms with van der Waals surface area (Å²) in [6.07, 6.45) is -2.70. The van der Waals surface area contributed by atoms with Crippen LogP contribution in [0.3, 0.4) is 0 Å². The molecule has 2 rings (SSSR count). The van der Waals surface area contributed by atoms with Crippen LogP contribution >= 0.6 is 0 Å². The number of benzene rings is 1. The first-order valence-electron chi connectivity index (χ1n) is 5.26. The third-order valence-electron chi connectivity index (χ3n) is 2.49. The van der Waals surface area contributed by atoms with Crippen LogP contribution in [-0.2, 0) is 13.1 Å². The summed E-state index contributed by atoms with van der Waals surface area (Å²) in [7, 11) is 0. The van der Waals surface area contributed by atoms with Gasteiger partial charge in [0.25, 0.3) is 6.43 Å². The van der Waals surface area contributed by atoms with E-state index in [4.69, 9.17) is 5.73 Å². The van der Waals surface area contributed by atoms with Crippen molar-refractivity contribution in [2.45, 2.75) is 19.5 Å². The third-order valence-corrected chi connectivity index (χ3v) is 2.49. The third kappa shape index (κ3) is 2.51. The Morgan fingerprint density at radius 2 is 1.89 bits per heavy atom. The Hall–Kier alpha value is -1.89. The molecule has 0 spiro atoms. The molecule has 0 aliphatic rings. The van der Waals surface area contributed by atoms with E-state index in [0.717, 1.165) is 4.68 Å². The molecule has 96 valence electrons. The van der Waals surface area contributed by atoms with Gasteiger partial charge in [0.1, 0.15) is 17.2 Å². The Balaban J connectivity index is 2.28. The van der Waals surface area contributed by atoms with E-state index in [0.29, 0.717) is 5.56 Å². The summed E-state index contributed by atoms with van der Waals surface area (Å²) in [5, 5.41) is 7.24. The van der Waals surface area contributed by atoms with E-state index in [-0.39, 0.29) is 30.3 Å². The minimum atomic E-state index is -2.70. The van der Waals surface area contributed by atoms with Crippen LogP contribution in [0.5, 0.6) is 0 Å². The Morgan fingerprint density at radius 3 is 2.44 bits per heavy atom. The minimum Gasteiger partial charge on any atom is -0.325 e. The lowest BCUT2D eigenvalue weighted by molar-refractivity contribution is 0.138. The molecule has 2 N–H and O–H groups in total. The summed E-state index contributed by atoms with van der Waals surface area (Å²) in [6.45, 7) is 0.00996. The molecule has 0 aliphatic carbocycles. The number of aromatic nitrogens is 3. The van der Waals surface area contributed by atoms with Crippen LogP contribution in [0, 0.1) is 5.82 Å². The molecule has 0 unspecified atom stereocenters. The first-order valence-corrected chi connectivity index (χ1v) is 5.26. The van der Waals surface area contributed by atoms with Crippen LogP contribution in [0.2, 0.25) is 0 Å². The zero-order valence-electron chi connectivity index (χ0n) is 9.35. The Bertz CT molecular complexity index is 522. The number of alkyl halides is 2. The van der Waals surface area contributed by atoms with E-state index in [9.17, 15) is 13.2 Å². The van der Waals surface area contributed by atoms with Crippen LogP contribution in [0.25, 0.3) is 0 Å². The van der Waals surface area contributed by atoms with Gasteiger partial charge in [0.15, 0.2) is 0 Å². The van der Waals surface area contributed by atoms with Gasteiger partial charge in [-0.1, -0.05) is 17.3 Å². The highest BCUT2D eigenvalue weighted by atomic mass is 19.3. The molecule has 0 bridgehead atoms. The summed E-state index contributed by atoms with van der Waals surface area (Å²) >= 11 is 0. The summed E-state index contributed by atoms with van der Waals surface area (Å²) in [6, 6.07) is 5.54. The summed E-state index contributed by atoms with van der Waals surface area (Å²) in [5.41, 5.74) is 5.76. The van der Waals surface area contributed by atoms with Crippen LogP contribution in [-0.4, -0.2) is 15.0 Å². The molecular weight excluding hydrogens is 245 g/mol. The fourth-order valence-electron chi connectivity index (χ4n) is 1.62. The average molecular weight is 256 g/mol. The first-order chi connectivity index (χ1) is 8.61. The number of nitrogens with zero attached hydrogens (tertiary/aromatic N) is 3. The lowest BCUT2D eigenvalue weighted by Gasteiger charge is -2.06. The second-order valence-electron chi connectivity index (χ2n) is 3.71. The second-order valence-corrected chi connectivity index (χ2v) is 3.71. The van der Waals surface area contributed by atoms with Crippen LogP contribution in [0.1, 0.15) is 23.4 Å². The van der Waals surface area contributed by atoms with Gasteiger partial charge in [0.2, 0.25) is 0 Å². The SMILES string of the molecule is NCc1nnn(Cc2ccc(F)cc2)c1C(F)F. The van der Waals surface area contributed by atoms with Gasteiger partial charge in [-0.15, -0.1) is 5.10 Å². The van der Waals surface area contributed by atoms with E-state index in [1.807, 2.05) is 0 Å². The van der Waals surface area contributed by atoms with Crippen molar-refractivity contribution < 1.29 is 13.2 Å². The summed E-state index contributed by atoms with van der Waals surface area (Å²) in [4.78, 5) is 0. The van der Waals surface area contributed by atoms with Gasteiger partial charge in [-0.3, -0.25) is 0 Å². The molecule has 0 saturated carbocycles. The molecule has 4 nitrogen and oxygen atoms in total. The van der Waals surface area contributed by atoms with E-state index in [2.05, 4.69) is 10.3 Å². The fourth-order valence-corrected chi connectivity index (χ4v) is 1.62. The first kappa shape index (κ1) is 12.6. The molecule has 0 fully saturated rings. The lowest BCUT2D eigenvalue weighted by Crippen LogP contribution is -2.09. The average Bonchev–Trinajstić information content (AvgIpc) is 2.75. The molecule has 1 aromatic carbocycles. The molecular formula is C11H11F3N4. The highest BCUT2D eigenvalue weighted by Gasteiger charge is 2.20. The standard InChI is InChI=1S/C11H11F3N4/c12-8-3-1-7(2-4-8)6-18-10(11(13)14)9(5-15)16-17-18/h1-4,11H,5-6,15H2. The smallest absolute Gasteiger partial charge is 0.281 e. The maximum absolute atomic E-state index is 12.9. The molecule has 0 aliphatic heterocycles. The van der Waals surface area contributed by atoms with Crippen molar-refractivity contribution in [2.75, 3.05) is 0 Å². The molecule has 18 heavy (non-hydrogen) atoms. The monoisotopic (exact) mass is 256 g/mol. The van der Waals surface area contributed by atoms with Crippen molar-refractivity contribution >= 4 is 0 Å². The van der Waals surface area contributed by atoms with E-state index in [1.54, 1.807) is 0 Å². The number of rotatable bonds is 4. The zero-order chi connectivity index (χ0) is 13.1. The number of hydrogen-bond acceptors (Lipinski definition) is 3. The van der Waals surface area contributed by atoms with Crippen molar-refractivity contribution in [1.29, 1.82) is 0 Å². The highest BCUT2D eigenvalue weighted by Crippen LogP contribution is 2.21. The minimum absolute atomic E-state index is 0.0760. The Kier molecular flexibility index (Phi) is 3.61. The second kappa shape index (κ2) is 5.18. The maximum Gasteiger partial charge on any atom is 0.281 e. The van der Waals surface area contributed by atoms with Crippen molar-refractivity contribution in [2.24, 2.45) is 5.73 Å². The summed E-state index contributed by atoms with van der Waals surface area (Å²) < 4.78 is 39.5. The van der Waals surface area contributed by atoms with Gasteiger partial charge in [-0.2, -0.15) is 0 Å². The predicted octanol–water partition coefficient (Wildman–Crippen LogP) is 1.86. The Labute approximate surface area is 101 Å².